The number of anilines is 1. The van der Waals surface area contributed by atoms with Gasteiger partial charge in [0.1, 0.15) is 22.7 Å². The molecule has 32 heavy (non-hydrogen) atoms. The molecule has 172 valence electrons. The fourth-order valence-electron chi connectivity index (χ4n) is 5.13. The summed E-state index contributed by atoms with van der Waals surface area (Å²) < 4.78 is 46.8. The Kier molecular flexibility index (Phi) is 5.53. The maximum atomic E-state index is 15.8. The molecule has 1 aromatic carbocycles. The Balaban J connectivity index is 0.00000245. The van der Waals surface area contributed by atoms with Crippen molar-refractivity contribution < 1.29 is 23.1 Å². The molecule has 3 aliphatic rings. The minimum atomic E-state index is -1.83. The maximum absolute atomic E-state index is 15.8. The van der Waals surface area contributed by atoms with E-state index in [4.69, 9.17) is 5.73 Å². The van der Waals surface area contributed by atoms with Crippen molar-refractivity contribution in [2.24, 2.45) is 17.6 Å². The zero-order valence-electron chi connectivity index (χ0n) is 17.1. The highest BCUT2D eigenvalue weighted by Crippen LogP contribution is 2.52. The molecule has 1 saturated heterocycles. The van der Waals surface area contributed by atoms with Gasteiger partial charge in [-0.05, 0) is 30.7 Å². The highest BCUT2D eigenvalue weighted by atomic mass is 35.5. The van der Waals surface area contributed by atoms with Crippen LogP contribution in [-0.2, 0) is 0 Å². The van der Waals surface area contributed by atoms with Gasteiger partial charge < -0.3 is 20.3 Å². The van der Waals surface area contributed by atoms with Crippen molar-refractivity contribution in [2.45, 2.75) is 31.0 Å². The zero-order chi connectivity index (χ0) is 22.1. The van der Waals surface area contributed by atoms with Crippen molar-refractivity contribution in [2.75, 3.05) is 24.5 Å². The van der Waals surface area contributed by atoms with E-state index >= 15 is 8.78 Å². The molecule has 2 heterocycles. The third-order valence-electron chi connectivity index (χ3n) is 6.95. The lowest BCUT2D eigenvalue weighted by Crippen LogP contribution is -2.26. The number of rotatable bonds is 4. The van der Waals surface area contributed by atoms with Crippen LogP contribution in [0.15, 0.2) is 29.2 Å². The molecule has 6 nitrogen and oxygen atoms in total. The second-order valence-electron chi connectivity index (χ2n) is 8.79. The first-order chi connectivity index (χ1) is 14.7. The van der Waals surface area contributed by atoms with Crippen molar-refractivity contribution in [3.05, 3.63) is 51.8 Å². The Morgan fingerprint density at radius 1 is 1.31 bits per heavy atom. The van der Waals surface area contributed by atoms with Crippen molar-refractivity contribution in [1.82, 2.24) is 4.57 Å². The van der Waals surface area contributed by atoms with Crippen molar-refractivity contribution in [3.63, 3.8) is 0 Å². The summed E-state index contributed by atoms with van der Waals surface area (Å²) in [6, 6.07) is -0.0442. The molecule has 2 aliphatic carbocycles. The second kappa shape index (κ2) is 7.81. The lowest BCUT2D eigenvalue weighted by atomic mass is 9.87. The summed E-state index contributed by atoms with van der Waals surface area (Å²) in [5, 5.41) is 8.97. The normalized spacial score (nSPS) is 28.5. The highest BCUT2D eigenvalue weighted by molar-refractivity contribution is 5.94. The van der Waals surface area contributed by atoms with E-state index in [1.54, 1.807) is 4.90 Å². The number of halogens is 4. The van der Waals surface area contributed by atoms with Crippen LogP contribution in [0.25, 0.3) is 10.9 Å². The van der Waals surface area contributed by atoms with Gasteiger partial charge in [0.25, 0.3) is 0 Å². The summed E-state index contributed by atoms with van der Waals surface area (Å²) in [6.45, 7) is 0.591. The average molecular weight is 470 g/mol. The van der Waals surface area contributed by atoms with Gasteiger partial charge in [-0.1, -0.05) is 12.2 Å². The van der Waals surface area contributed by atoms with E-state index in [0.717, 1.165) is 29.7 Å². The Hall–Kier alpha value is -2.52. The molecule has 2 aromatic rings. The van der Waals surface area contributed by atoms with Gasteiger partial charge >= 0.3 is 5.97 Å². The van der Waals surface area contributed by atoms with Crippen LogP contribution in [0.1, 0.15) is 35.7 Å². The maximum Gasteiger partial charge on any atom is 0.341 e. The Bertz CT molecular complexity index is 1200. The first-order valence-electron chi connectivity index (χ1n) is 10.4. The number of allylic oxidation sites excluding steroid dienone is 1. The topological polar surface area (TPSA) is 88.6 Å². The number of nitrogens with zero attached hydrogens (tertiary/aromatic N) is 2. The molecule has 1 aromatic heterocycles. The van der Waals surface area contributed by atoms with E-state index in [1.165, 1.54) is 0 Å². The minimum absolute atomic E-state index is 0. The minimum Gasteiger partial charge on any atom is -0.477 e. The molecule has 1 aliphatic heterocycles. The van der Waals surface area contributed by atoms with Gasteiger partial charge in [0, 0.05) is 32.3 Å². The lowest BCUT2D eigenvalue weighted by molar-refractivity contribution is 0.0694. The number of hydrogen-bond acceptors (Lipinski definition) is 4. The van der Waals surface area contributed by atoms with Gasteiger partial charge in [0.2, 0.25) is 5.43 Å². The molecule has 4 atom stereocenters. The second-order valence-corrected chi connectivity index (χ2v) is 8.79. The van der Waals surface area contributed by atoms with Gasteiger partial charge in [-0.25, -0.2) is 18.0 Å². The molecule has 2 fully saturated rings. The number of aromatic nitrogens is 1. The van der Waals surface area contributed by atoms with Crippen LogP contribution < -0.4 is 16.1 Å². The monoisotopic (exact) mass is 469 g/mol. The van der Waals surface area contributed by atoms with Gasteiger partial charge in [-0.15, -0.1) is 12.4 Å². The smallest absolute Gasteiger partial charge is 0.341 e. The molecule has 5 rings (SSSR count). The van der Waals surface area contributed by atoms with Gasteiger partial charge in [0.15, 0.2) is 5.82 Å². The van der Waals surface area contributed by atoms with Gasteiger partial charge in [-0.3, -0.25) is 4.79 Å². The molecule has 10 heteroatoms. The van der Waals surface area contributed by atoms with Crippen molar-refractivity contribution in [1.29, 1.82) is 0 Å². The quantitative estimate of drug-likeness (QED) is 0.670. The van der Waals surface area contributed by atoms with Crippen LogP contribution in [0.2, 0.25) is 0 Å². The number of aromatic carboxylic acids is 1. The number of alkyl halides is 1. The van der Waals surface area contributed by atoms with Crippen LogP contribution in [0, 0.1) is 23.5 Å². The summed E-state index contributed by atoms with van der Waals surface area (Å²) in [5.41, 5.74) is 1.46. The molecule has 0 amide bonds. The van der Waals surface area contributed by atoms with E-state index in [1.807, 2.05) is 0 Å². The van der Waals surface area contributed by atoms with Crippen molar-refractivity contribution in [3.8, 4) is 0 Å². The van der Waals surface area contributed by atoms with Crippen LogP contribution in [0.5, 0.6) is 0 Å². The SMILES string of the molecule is Cl.NCC1(F)CC1n1cc(C(=O)O)c(=O)c2cc(F)c(N3CC4C=CCCC4C3)c(F)c21. The standard InChI is InChI=1S/C22H22F3N3O3.ClH/c23-15-5-13-18(17(24)19(15)27-7-11-3-1-2-4-12(11)8-27)28(16-6-22(16,25)10-26)9-14(20(13)29)21(30)31;/h1,3,5,9,11-12,16H,2,4,6-8,10,26H2,(H,30,31);1H. The van der Waals surface area contributed by atoms with Gasteiger partial charge in [0.05, 0.1) is 16.9 Å². The number of fused-ring (bicyclic) bond motifs is 2. The Morgan fingerprint density at radius 2 is 2.06 bits per heavy atom. The zero-order valence-corrected chi connectivity index (χ0v) is 17.9. The first kappa shape index (κ1) is 22.7. The predicted molar refractivity (Wildman–Crippen MR) is 116 cm³/mol. The molecule has 3 N–H and O–H groups in total. The van der Waals surface area contributed by atoms with Crippen LogP contribution in [0.3, 0.4) is 0 Å². The van der Waals surface area contributed by atoms with Gasteiger partial charge in [-0.2, -0.15) is 0 Å². The molecule has 0 bridgehead atoms. The Labute approximate surface area is 187 Å². The summed E-state index contributed by atoms with van der Waals surface area (Å²) in [7, 11) is 0. The summed E-state index contributed by atoms with van der Waals surface area (Å²) in [6.07, 6.45) is 6.92. The third kappa shape index (κ3) is 3.29. The number of hydrogen-bond donors (Lipinski definition) is 2. The average Bonchev–Trinajstić information content (AvgIpc) is 3.23. The third-order valence-corrected chi connectivity index (χ3v) is 6.95. The van der Waals surface area contributed by atoms with E-state index in [2.05, 4.69) is 12.2 Å². The number of carboxylic acid groups (broad SMARTS) is 1. The summed E-state index contributed by atoms with van der Waals surface area (Å²) in [5.74, 6) is -2.97. The molecule has 0 spiro atoms. The molecular formula is C22H23ClF3N3O3. The first-order valence-corrected chi connectivity index (χ1v) is 10.4. The molecular weight excluding hydrogens is 447 g/mol. The van der Waals surface area contributed by atoms with Crippen LogP contribution in [-0.4, -0.2) is 40.9 Å². The molecule has 4 unspecified atom stereocenters. The predicted octanol–water partition coefficient (Wildman–Crippen LogP) is 3.41. The molecule has 1 saturated carbocycles. The van der Waals surface area contributed by atoms with E-state index in [9.17, 15) is 19.1 Å². The summed E-state index contributed by atoms with van der Waals surface area (Å²) >= 11 is 0. The number of carbonyl (C=O) groups is 1. The number of pyridine rings is 1. The van der Waals surface area contributed by atoms with E-state index in [0.29, 0.717) is 13.1 Å². The number of nitrogens with two attached hydrogens (primary N) is 1. The number of carboxylic acids is 1. The van der Waals surface area contributed by atoms with Crippen LogP contribution in [0.4, 0.5) is 18.9 Å². The summed E-state index contributed by atoms with van der Waals surface area (Å²) in [4.78, 5) is 25.8. The molecule has 0 radical (unpaired) electrons. The fraction of sp³-hybridized carbons (Fsp3) is 0.455. The lowest BCUT2D eigenvalue weighted by Gasteiger charge is -2.23. The van der Waals surface area contributed by atoms with Crippen LogP contribution >= 0.6 is 12.4 Å². The van der Waals surface area contributed by atoms with E-state index < -0.39 is 45.7 Å². The fourth-order valence-corrected chi connectivity index (χ4v) is 5.13. The van der Waals surface area contributed by atoms with Crippen molar-refractivity contribution >= 4 is 35.0 Å². The Morgan fingerprint density at radius 3 is 2.69 bits per heavy atom. The number of benzene rings is 1. The largest absolute Gasteiger partial charge is 0.477 e. The highest BCUT2D eigenvalue weighted by Gasteiger charge is 2.56. The van der Waals surface area contributed by atoms with E-state index in [-0.39, 0.29) is 48.4 Å².